The Morgan fingerprint density at radius 2 is 2.06 bits per heavy atom. The van der Waals surface area contributed by atoms with E-state index in [1.54, 1.807) is 7.11 Å². The lowest BCUT2D eigenvalue weighted by molar-refractivity contribution is 0.0906. The molecule has 90 valence electrons. The normalized spacial score (nSPS) is 14.1. The van der Waals surface area contributed by atoms with Gasteiger partial charge in [0.2, 0.25) is 0 Å². The number of carbonyl (C=O) groups excluding carboxylic acids is 1. The van der Waals surface area contributed by atoms with Gasteiger partial charge in [0.05, 0.1) is 19.2 Å². The third-order valence-corrected chi connectivity index (χ3v) is 2.74. The first-order valence-electron chi connectivity index (χ1n) is 5.43. The summed E-state index contributed by atoms with van der Waals surface area (Å²) in [5, 5.41) is 3.82. The molecule has 0 radical (unpaired) electrons. The zero-order valence-corrected chi connectivity index (χ0v) is 9.70. The number of ether oxygens (including phenoxy) is 1. The van der Waals surface area contributed by atoms with Crippen LogP contribution in [0.1, 0.15) is 16.8 Å². The molecule has 0 saturated carbocycles. The summed E-state index contributed by atoms with van der Waals surface area (Å²) in [4.78, 5) is 20.1. The SMILES string of the molecule is COc1ccc(C2=Nc3ncnn3C(=O)C2)cc1. The fourth-order valence-electron chi connectivity index (χ4n) is 1.82. The first kappa shape index (κ1) is 10.6. The quantitative estimate of drug-likeness (QED) is 0.799. The van der Waals surface area contributed by atoms with Crippen LogP contribution in [0, 0.1) is 0 Å². The third kappa shape index (κ3) is 1.67. The van der Waals surface area contributed by atoms with Gasteiger partial charge in [-0.25, -0.2) is 4.99 Å². The number of aromatic nitrogens is 3. The van der Waals surface area contributed by atoms with Gasteiger partial charge in [0, 0.05) is 0 Å². The Labute approximate surface area is 103 Å². The molecule has 0 unspecified atom stereocenters. The van der Waals surface area contributed by atoms with Gasteiger partial charge in [-0.1, -0.05) is 0 Å². The Hall–Kier alpha value is -2.50. The first-order valence-corrected chi connectivity index (χ1v) is 5.43. The molecular formula is C12H10N4O2. The summed E-state index contributed by atoms with van der Waals surface area (Å²) in [6, 6.07) is 7.41. The molecule has 0 spiro atoms. The third-order valence-electron chi connectivity index (χ3n) is 2.74. The molecule has 6 heteroatoms. The van der Waals surface area contributed by atoms with Gasteiger partial charge >= 0.3 is 0 Å². The summed E-state index contributed by atoms with van der Waals surface area (Å²) >= 11 is 0. The lowest BCUT2D eigenvalue weighted by Gasteiger charge is -2.12. The number of benzene rings is 1. The Morgan fingerprint density at radius 1 is 1.28 bits per heavy atom. The van der Waals surface area contributed by atoms with E-state index >= 15 is 0 Å². The van der Waals surface area contributed by atoms with Crippen LogP contribution in [0.2, 0.25) is 0 Å². The second-order valence-corrected chi connectivity index (χ2v) is 3.83. The van der Waals surface area contributed by atoms with Crippen LogP contribution >= 0.6 is 0 Å². The van der Waals surface area contributed by atoms with Crippen LogP contribution in [0.15, 0.2) is 35.6 Å². The number of aliphatic imine (C=N–C) groups is 1. The van der Waals surface area contributed by atoms with E-state index in [0.29, 0.717) is 11.7 Å². The van der Waals surface area contributed by atoms with Crippen molar-refractivity contribution in [3.05, 3.63) is 36.2 Å². The predicted molar refractivity (Wildman–Crippen MR) is 64.5 cm³/mol. The molecule has 0 fully saturated rings. The highest BCUT2D eigenvalue weighted by molar-refractivity contribution is 6.13. The van der Waals surface area contributed by atoms with Gasteiger partial charge in [-0.15, -0.1) is 0 Å². The van der Waals surface area contributed by atoms with Crippen molar-refractivity contribution in [3.63, 3.8) is 0 Å². The van der Waals surface area contributed by atoms with E-state index in [0.717, 1.165) is 11.3 Å². The molecule has 3 rings (SSSR count). The lowest BCUT2D eigenvalue weighted by Crippen LogP contribution is -2.21. The molecule has 0 aliphatic carbocycles. The van der Waals surface area contributed by atoms with Crippen LogP contribution in [0.5, 0.6) is 5.75 Å². The standard InChI is InChI=1S/C12H10N4O2/c1-18-9-4-2-8(3-5-9)10-6-11(17)16-12(15-10)13-7-14-16/h2-5,7H,6H2,1H3. The molecule has 0 bridgehead atoms. The largest absolute Gasteiger partial charge is 0.497 e. The summed E-state index contributed by atoms with van der Waals surface area (Å²) in [6.45, 7) is 0. The lowest BCUT2D eigenvalue weighted by atomic mass is 10.1. The number of hydrogen-bond donors (Lipinski definition) is 0. The van der Waals surface area contributed by atoms with Gasteiger partial charge in [0.25, 0.3) is 11.9 Å². The van der Waals surface area contributed by atoms with E-state index in [-0.39, 0.29) is 12.3 Å². The highest BCUT2D eigenvalue weighted by Crippen LogP contribution is 2.20. The molecule has 1 aromatic carbocycles. The van der Waals surface area contributed by atoms with Crippen LogP contribution in [-0.4, -0.2) is 33.5 Å². The Bertz CT molecular complexity index is 628. The minimum atomic E-state index is -0.122. The molecular weight excluding hydrogens is 232 g/mol. The average molecular weight is 242 g/mol. The van der Waals surface area contributed by atoms with Crippen molar-refractivity contribution in [1.29, 1.82) is 0 Å². The zero-order valence-electron chi connectivity index (χ0n) is 9.70. The molecule has 6 nitrogen and oxygen atoms in total. The maximum atomic E-state index is 11.8. The van der Waals surface area contributed by atoms with Gasteiger partial charge in [-0.3, -0.25) is 4.79 Å². The Kier molecular flexibility index (Phi) is 2.40. The van der Waals surface area contributed by atoms with Gasteiger partial charge < -0.3 is 4.74 Å². The molecule has 0 N–H and O–H groups in total. The van der Waals surface area contributed by atoms with Crippen LogP contribution in [0.25, 0.3) is 0 Å². The van der Waals surface area contributed by atoms with E-state index in [1.807, 2.05) is 24.3 Å². The number of nitrogens with zero attached hydrogens (tertiary/aromatic N) is 4. The molecule has 1 aromatic heterocycles. The maximum absolute atomic E-state index is 11.8. The fraction of sp³-hybridized carbons (Fsp3) is 0.167. The van der Waals surface area contributed by atoms with E-state index in [4.69, 9.17) is 4.74 Å². The fourth-order valence-corrected chi connectivity index (χ4v) is 1.82. The van der Waals surface area contributed by atoms with Crippen molar-refractivity contribution in [2.24, 2.45) is 4.99 Å². The molecule has 0 saturated heterocycles. The van der Waals surface area contributed by atoms with Crippen molar-refractivity contribution >= 4 is 17.6 Å². The van der Waals surface area contributed by atoms with E-state index < -0.39 is 0 Å². The molecule has 1 aliphatic heterocycles. The van der Waals surface area contributed by atoms with Crippen molar-refractivity contribution in [2.45, 2.75) is 6.42 Å². The van der Waals surface area contributed by atoms with Gasteiger partial charge in [0.15, 0.2) is 0 Å². The number of hydrogen-bond acceptors (Lipinski definition) is 5. The van der Waals surface area contributed by atoms with Crippen molar-refractivity contribution in [2.75, 3.05) is 7.11 Å². The monoisotopic (exact) mass is 242 g/mol. The summed E-state index contributed by atoms with van der Waals surface area (Å²) < 4.78 is 6.30. The molecule has 18 heavy (non-hydrogen) atoms. The maximum Gasteiger partial charge on any atom is 0.256 e. The van der Waals surface area contributed by atoms with E-state index in [2.05, 4.69) is 15.1 Å². The summed E-state index contributed by atoms with van der Waals surface area (Å²) in [6.07, 6.45) is 1.55. The smallest absolute Gasteiger partial charge is 0.256 e. The minimum Gasteiger partial charge on any atom is -0.497 e. The number of rotatable bonds is 2. The topological polar surface area (TPSA) is 69.4 Å². The number of fused-ring (bicyclic) bond motifs is 1. The summed E-state index contributed by atoms with van der Waals surface area (Å²) in [5.41, 5.74) is 1.58. The molecule has 1 aliphatic rings. The highest BCUT2D eigenvalue weighted by Gasteiger charge is 2.21. The molecule has 0 amide bonds. The predicted octanol–water partition coefficient (Wildman–Crippen LogP) is 1.45. The van der Waals surface area contributed by atoms with Gasteiger partial charge in [0.1, 0.15) is 12.1 Å². The van der Waals surface area contributed by atoms with Gasteiger partial charge in [-0.05, 0) is 29.8 Å². The highest BCUT2D eigenvalue weighted by atomic mass is 16.5. The van der Waals surface area contributed by atoms with Crippen molar-refractivity contribution in [3.8, 4) is 5.75 Å². The average Bonchev–Trinajstić information content (AvgIpc) is 2.88. The summed E-state index contributed by atoms with van der Waals surface area (Å²) in [5.74, 6) is 0.977. The van der Waals surface area contributed by atoms with Crippen molar-refractivity contribution in [1.82, 2.24) is 14.8 Å². The minimum absolute atomic E-state index is 0.122. The zero-order chi connectivity index (χ0) is 12.5. The van der Waals surface area contributed by atoms with Crippen molar-refractivity contribution < 1.29 is 9.53 Å². The van der Waals surface area contributed by atoms with E-state index in [9.17, 15) is 4.79 Å². The van der Waals surface area contributed by atoms with Crippen LogP contribution in [0.4, 0.5) is 5.95 Å². The van der Waals surface area contributed by atoms with E-state index in [1.165, 1.54) is 11.0 Å². The first-order chi connectivity index (χ1) is 8.78. The van der Waals surface area contributed by atoms with Gasteiger partial charge in [-0.2, -0.15) is 14.8 Å². The second kappa shape index (κ2) is 4.06. The number of carbonyl (C=O) groups is 1. The van der Waals surface area contributed by atoms with Crippen LogP contribution in [-0.2, 0) is 0 Å². The molecule has 0 atom stereocenters. The summed E-state index contributed by atoms with van der Waals surface area (Å²) in [7, 11) is 1.61. The van der Waals surface area contributed by atoms with Crippen LogP contribution in [0.3, 0.4) is 0 Å². The Morgan fingerprint density at radius 3 is 2.78 bits per heavy atom. The number of methoxy groups -OCH3 is 1. The molecule has 2 aromatic rings. The second-order valence-electron chi connectivity index (χ2n) is 3.83. The van der Waals surface area contributed by atoms with Crippen LogP contribution < -0.4 is 4.74 Å². The Balaban J connectivity index is 2.00. The molecule has 2 heterocycles.